The van der Waals surface area contributed by atoms with E-state index in [-0.39, 0.29) is 23.7 Å². The minimum absolute atomic E-state index is 0.0322. The molecule has 1 aliphatic heterocycles. The van der Waals surface area contributed by atoms with Gasteiger partial charge in [-0.15, -0.1) is 0 Å². The van der Waals surface area contributed by atoms with Crippen molar-refractivity contribution < 1.29 is 9.59 Å². The maximum Gasteiger partial charge on any atom is 0.229 e. The Bertz CT molecular complexity index is 530. The molecule has 8 heteroatoms. The van der Waals surface area contributed by atoms with E-state index in [4.69, 9.17) is 11.6 Å². The molecule has 22 heavy (non-hydrogen) atoms. The normalized spacial score (nSPS) is 17.3. The van der Waals surface area contributed by atoms with Crippen molar-refractivity contribution in [2.24, 2.45) is 11.8 Å². The largest absolute Gasteiger partial charge is 0.342 e. The van der Waals surface area contributed by atoms with Gasteiger partial charge in [0, 0.05) is 30.7 Å². The lowest BCUT2D eigenvalue weighted by Gasteiger charge is -2.32. The molecule has 2 amide bonds. The number of hydrogen-bond acceptors (Lipinski definition) is 5. The topological polar surface area (TPSA) is 62.3 Å². The Labute approximate surface area is 143 Å². The second kappa shape index (κ2) is 8.17. The highest BCUT2D eigenvalue weighted by Crippen LogP contribution is 2.25. The first-order chi connectivity index (χ1) is 10.5. The molecule has 2 heterocycles. The summed E-state index contributed by atoms with van der Waals surface area (Å²) in [6.45, 7) is 3.26. The number of anilines is 1. The van der Waals surface area contributed by atoms with Gasteiger partial charge in [-0.05, 0) is 19.1 Å². The maximum atomic E-state index is 12.2. The lowest BCUT2D eigenvalue weighted by Crippen LogP contribution is -2.43. The summed E-state index contributed by atoms with van der Waals surface area (Å²) < 4.78 is 0.554. The van der Waals surface area contributed by atoms with Crippen LogP contribution in [0.5, 0.6) is 0 Å². The van der Waals surface area contributed by atoms with Crippen LogP contribution < -0.4 is 5.32 Å². The third kappa shape index (κ3) is 4.60. The van der Waals surface area contributed by atoms with Gasteiger partial charge in [-0.3, -0.25) is 9.59 Å². The number of thioether (sulfide) groups is 1. The van der Waals surface area contributed by atoms with Crippen molar-refractivity contribution in [2.45, 2.75) is 19.8 Å². The first-order valence-electron chi connectivity index (χ1n) is 7.21. The SMILES string of the molecule is CSCC(C)C(=O)N1CCC(C(=O)Nc2ncc(Cl)s2)CC1. The number of thiazole rings is 1. The fraction of sp³-hybridized carbons (Fsp3) is 0.643. The summed E-state index contributed by atoms with van der Waals surface area (Å²) in [5.74, 6) is 0.972. The highest BCUT2D eigenvalue weighted by atomic mass is 35.5. The number of halogens is 1. The van der Waals surface area contributed by atoms with Crippen LogP contribution in [-0.4, -0.2) is 46.8 Å². The van der Waals surface area contributed by atoms with E-state index >= 15 is 0 Å². The molecule has 0 spiro atoms. The molecule has 0 bridgehead atoms. The predicted molar refractivity (Wildman–Crippen MR) is 92.6 cm³/mol. The summed E-state index contributed by atoms with van der Waals surface area (Å²) in [5.41, 5.74) is 0. The van der Waals surface area contributed by atoms with Gasteiger partial charge in [-0.25, -0.2) is 4.98 Å². The Balaban J connectivity index is 1.81. The molecule has 1 aromatic rings. The number of nitrogens with one attached hydrogen (secondary N) is 1. The molecule has 122 valence electrons. The van der Waals surface area contributed by atoms with Crippen LogP contribution >= 0.6 is 34.7 Å². The number of hydrogen-bond donors (Lipinski definition) is 1. The van der Waals surface area contributed by atoms with Gasteiger partial charge in [0.05, 0.1) is 6.20 Å². The number of amides is 2. The molecule has 0 saturated carbocycles. The third-order valence-electron chi connectivity index (χ3n) is 3.72. The Morgan fingerprint density at radius 1 is 1.55 bits per heavy atom. The molecule has 1 aliphatic rings. The average molecular weight is 362 g/mol. The molecule has 1 N–H and O–H groups in total. The molecule has 0 aliphatic carbocycles. The van der Waals surface area contributed by atoms with Crippen molar-refractivity contribution in [1.29, 1.82) is 0 Å². The van der Waals surface area contributed by atoms with Gasteiger partial charge >= 0.3 is 0 Å². The zero-order valence-electron chi connectivity index (χ0n) is 12.7. The Kier molecular flexibility index (Phi) is 6.52. The van der Waals surface area contributed by atoms with Crippen molar-refractivity contribution in [3.05, 3.63) is 10.5 Å². The molecule has 1 atom stereocenters. The van der Waals surface area contributed by atoms with Crippen molar-refractivity contribution in [3.63, 3.8) is 0 Å². The molecule has 1 unspecified atom stereocenters. The first-order valence-corrected chi connectivity index (χ1v) is 9.80. The number of aromatic nitrogens is 1. The Morgan fingerprint density at radius 2 is 2.23 bits per heavy atom. The number of likely N-dealkylation sites (tertiary alicyclic amines) is 1. The van der Waals surface area contributed by atoms with E-state index in [2.05, 4.69) is 10.3 Å². The third-order valence-corrected chi connectivity index (χ3v) is 5.59. The zero-order valence-corrected chi connectivity index (χ0v) is 15.1. The monoisotopic (exact) mass is 361 g/mol. The van der Waals surface area contributed by atoms with Crippen LogP contribution in [0.2, 0.25) is 4.34 Å². The smallest absolute Gasteiger partial charge is 0.229 e. The highest BCUT2D eigenvalue weighted by molar-refractivity contribution is 7.98. The van der Waals surface area contributed by atoms with Gasteiger partial charge in [-0.2, -0.15) is 11.8 Å². The molecular weight excluding hydrogens is 342 g/mol. The Morgan fingerprint density at radius 3 is 2.77 bits per heavy atom. The van der Waals surface area contributed by atoms with E-state index in [9.17, 15) is 9.59 Å². The van der Waals surface area contributed by atoms with Crippen LogP contribution in [0, 0.1) is 11.8 Å². The van der Waals surface area contributed by atoms with Crippen LogP contribution in [0.4, 0.5) is 5.13 Å². The van der Waals surface area contributed by atoms with Crippen molar-refractivity contribution in [3.8, 4) is 0 Å². The minimum atomic E-state index is -0.0671. The molecule has 2 rings (SSSR count). The molecule has 0 aromatic carbocycles. The number of piperidine rings is 1. The van der Waals surface area contributed by atoms with Gasteiger partial charge in [0.25, 0.3) is 0 Å². The van der Waals surface area contributed by atoms with Crippen LogP contribution in [0.3, 0.4) is 0 Å². The molecule has 1 aromatic heterocycles. The number of carbonyl (C=O) groups is 2. The van der Waals surface area contributed by atoms with Crippen LogP contribution in [0.1, 0.15) is 19.8 Å². The molecular formula is C14H20ClN3O2S2. The van der Waals surface area contributed by atoms with Crippen LogP contribution in [0.15, 0.2) is 6.20 Å². The lowest BCUT2D eigenvalue weighted by atomic mass is 9.95. The minimum Gasteiger partial charge on any atom is -0.342 e. The quantitative estimate of drug-likeness (QED) is 0.875. The highest BCUT2D eigenvalue weighted by Gasteiger charge is 2.29. The van der Waals surface area contributed by atoms with Gasteiger partial charge in [0.2, 0.25) is 11.8 Å². The summed E-state index contributed by atoms with van der Waals surface area (Å²) >= 11 is 8.73. The lowest BCUT2D eigenvalue weighted by molar-refractivity contribution is -0.137. The van der Waals surface area contributed by atoms with E-state index in [0.29, 0.717) is 35.4 Å². The van der Waals surface area contributed by atoms with Crippen LogP contribution in [-0.2, 0) is 9.59 Å². The van der Waals surface area contributed by atoms with Gasteiger partial charge < -0.3 is 10.2 Å². The van der Waals surface area contributed by atoms with Gasteiger partial charge in [-0.1, -0.05) is 29.9 Å². The number of rotatable bonds is 5. The van der Waals surface area contributed by atoms with E-state index in [1.807, 2.05) is 18.1 Å². The second-order valence-electron chi connectivity index (χ2n) is 5.41. The predicted octanol–water partition coefficient (Wildman–Crippen LogP) is 2.97. The van der Waals surface area contributed by atoms with Crippen molar-refractivity contribution >= 4 is 51.6 Å². The number of nitrogens with zero attached hydrogens (tertiary/aromatic N) is 2. The molecule has 0 radical (unpaired) electrons. The van der Waals surface area contributed by atoms with Crippen LogP contribution in [0.25, 0.3) is 0 Å². The van der Waals surface area contributed by atoms with Crippen molar-refractivity contribution in [2.75, 3.05) is 30.4 Å². The first kappa shape index (κ1) is 17.6. The molecule has 1 fully saturated rings. The van der Waals surface area contributed by atoms with Crippen molar-refractivity contribution in [1.82, 2.24) is 9.88 Å². The average Bonchev–Trinajstić information content (AvgIpc) is 2.92. The summed E-state index contributed by atoms with van der Waals surface area (Å²) in [6, 6.07) is 0. The van der Waals surface area contributed by atoms with E-state index in [1.54, 1.807) is 11.8 Å². The van der Waals surface area contributed by atoms with E-state index < -0.39 is 0 Å². The van der Waals surface area contributed by atoms with E-state index in [0.717, 1.165) is 5.75 Å². The standard InChI is InChI=1S/C14H20ClN3O2S2/c1-9(8-21-2)13(20)18-5-3-10(4-6-18)12(19)17-14-16-7-11(15)22-14/h7,9-10H,3-6,8H2,1-2H3,(H,16,17,19). The molecule has 1 saturated heterocycles. The summed E-state index contributed by atoms with van der Waals surface area (Å²) in [4.78, 5) is 30.3. The Hall–Kier alpha value is -0.790. The molecule has 5 nitrogen and oxygen atoms in total. The maximum absolute atomic E-state index is 12.2. The van der Waals surface area contributed by atoms with Gasteiger partial charge in [0.15, 0.2) is 5.13 Å². The fourth-order valence-electron chi connectivity index (χ4n) is 2.51. The van der Waals surface area contributed by atoms with Gasteiger partial charge in [0.1, 0.15) is 4.34 Å². The second-order valence-corrected chi connectivity index (χ2v) is 7.99. The zero-order chi connectivity index (χ0) is 16.1. The summed E-state index contributed by atoms with van der Waals surface area (Å²) in [5, 5.41) is 3.33. The van der Waals surface area contributed by atoms with E-state index in [1.165, 1.54) is 17.5 Å². The fourth-order valence-corrected chi connectivity index (χ4v) is 3.97. The summed E-state index contributed by atoms with van der Waals surface area (Å²) in [7, 11) is 0. The summed E-state index contributed by atoms with van der Waals surface area (Å²) in [6.07, 6.45) is 4.92. The number of carbonyl (C=O) groups excluding carboxylic acids is 2.